The quantitative estimate of drug-likeness (QED) is 0.741. The van der Waals surface area contributed by atoms with Crippen LogP contribution in [0, 0.1) is 13.8 Å². The molecule has 5 nitrogen and oxygen atoms in total. The van der Waals surface area contributed by atoms with E-state index in [2.05, 4.69) is 11.7 Å². The highest BCUT2D eigenvalue weighted by Gasteiger charge is 2.15. The number of rotatable bonds is 7. The van der Waals surface area contributed by atoms with Crippen molar-refractivity contribution in [3.8, 4) is 0 Å². The first kappa shape index (κ1) is 14.4. The number of aryl methyl sites for hydroxylation is 2. The molecule has 0 aliphatic rings. The molecule has 1 heterocycles. The molecule has 0 unspecified atom stereocenters. The smallest absolute Gasteiger partial charge is 0.223 e. The molecular weight excluding hydrogens is 232 g/mol. The first-order chi connectivity index (χ1) is 8.60. The molecule has 100 valence electrons. The van der Waals surface area contributed by atoms with Crippen molar-refractivity contribution >= 4 is 5.91 Å². The molecular formula is C13H20N2O3. The topological polar surface area (TPSA) is 66.6 Å². The summed E-state index contributed by atoms with van der Waals surface area (Å²) in [6, 6.07) is 0. The fraction of sp³-hybridized carbons (Fsp3) is 0.538. The standard InChI is InChI=1S/C13H20N2O3/c1-4-7-15(8-9-16)13(17)6-5-12-10(2)14-18-11(12)3/h4,16H,1,5-9H2,2-3H3. The van der Waals surface area contributed by atoms with Crippen molar-refractivity contribution in [1.82, 2.24) is 10.1 Å². The summed E-state index contributed by atoms with van der Waals surface area (Å²) >= 11 is 0. The summed E-state index contributed by atoms with van der Waals surface area (Å²) in [6.45, 7) is 8.07. The lowest BCUT2D eigenvalue weighted by Gasteiger charge is -2.19. The van der Waals surface area contributed by atoms with Crippen LogP contribution in [0.3, 0.4) is 0 Å². The van der Waals surface area contributed by atoms with Gasteiger partial charge in [-0.05, 0) is 20.3 Å². The molecule has 0 radical (unpaired) electrons. The maximum Gasteiger partial charge on any atom is 0.223 e. The number of aliphatic hydroxyl groups excluding tert-OH is 1. The van der Waals surface area contributed by atoms with Gasteiger partial charge < -0.3 is 14.5 Å². The van der Waals surface area contributed by atoms with Crippen molar-refractivity contribution in [2.24, 2.45) is 0 Å². The summed E-state index contributed by atoms with van der Waals surface area (Å²) in [4.78, 5) is 13.5. The Balaban J connectivity index is 2.56. The van der Waals surface area contributed by atoms with Gasteiger partial charge in [0.25, 0.3) is 0 Å². The molecule has 0 saturated heterocycles. The highest BCUT2D eigenvalue weighted by molar-refractivity contribution is 5.76. The molecule has 1 N–H and O–H groups in total. The number of aromatic nitrogens is 1. The fourth-order valence-electron chi connectivity index (χ4n) is 1.84. The monoisotopic (exact) mass is 252 g/mol. The Hall–Kier alpha value is -1.62. The minimum Gasteiger partial charge on any atom is -0.395 e. The van der Waals surface area contributed by atoms with E-state index >= 15 is 0 Å². The van der Waals surface area contributed by atoms with E-state index in [-0.39, 0.29) is 12.5 Å². The van der Waals surface area contributed by atoms with Gasteiger partial charge in [0.05, 0.1) is 12.3 Å². The third-order valence-corrected chi connectivity index (χ3v) is 2.84. The van der Waals surface area contributed by atoms with Crippen LogP contribution in [0.1, 0.15) is 23.4 Å². The Bertz CT molecular complexity index is 393. The van der Waals surface area contributed by atoms with Gasteiger partial charge in [-0.1, -0.05) is 11.2 Å². The van der Waals surface area contributed by atoms with Gasteiger partial charge in [-0.15, -0.1) is 6.58 Å². The van der Waals surface area contributed by atoms with E-state index in [4.69, 9.17) is 9.63 Å². The number of carbonyl (C=O) groups excluding carboxylic acids is 1. The Kier molecular flexibility index (Phi) is 5.58. The van der Waals surface area contributed by atoms with E-state index in [1.165, 1.54) is 0 Å². The lowest BCUT2D eigenvalue weighted by molar-refractivity contribution is -0.131. The van der Waals surface area contributed by atoms with Crippen molar-refractivity contribution in [1.29, 1.82) is 0 Å². The number of nitrogens with zero attached hydrogens (tertiary/aromatic N) is 2. The Morgan fingerprint density at radius 3 is 2.78 bits per heavy atom. The second kappa shape index (κ2) is 6.96. The van der Waals surface area contributed by atoms with E-state index in [9.17, 15) is 4.79 Å². The van der Waals surface area contributed by atoms with Crippen LogP contribution < -0.4 is 0 Å². The largest absolute Gasteiger partial charge is 0.395 e. The number of hydrogen-bond acceptors (Lipinski definition) is 4. The van der Waals surface area contributed by atoms with Crippen LogP contribution >= 0.6 is 0 Å². The van der Waals surface area contributed by atoms with Crippen molar-refractivity contribution in [2.45, 2.75) is 26.7 Å². The predicted molar refractivity (Wildman–Crippen MR) is 68.2 cm³/mol. The van der Waals surface area contributed by atoms with Crippen LogP contribution in [0.2, 0.25) is 0 Å². The first-order valence-corrected chi connectivity index (χ1v) is 6.01. The molecule has 5 heteroatoms. The van der Waals surface area contributed by atoms with Gasteiger partial charge in [0.1, 0.15) is 5.76 Å². The second-order valence-corrected chi connectivity index (χ2v) is 4.15. The van der Waals surface area contributed by atoms with E-state index in [0.717, 1.165) is 17.0 Å². The molecule has 1 rings (SSSR count). The maximum absolute atomic E-state index is 12.0. The van der Waals surface area contributed by atoms with Crippen molar-refractivity contribution in [2.75, 3.05) is 19.7 Å². The first-order valence-electron chi connectivity index (χ1n) is 6.01. The minimum atomic E-state index is -0.0368. The normalized spacial score (nSPS) is 10.4. The number of hydrogen-bond donors (Lipinski definition) is 1. The van der Waals surface area contributed by atoms with Crippen molar-refractivity contribution < 1.29 is 14.4 Å². The van der Waals surface area contributed by atoms with Gasteiger partial charge in [0.2, 0.25) is 5.91 Å². The molecule has 0 aromatic carbocycles. The lowest BCUT2D eigenvalue weighted by Crippen LogP contribution is -2.33. The van der Waals surface area contributed by atoms with E-state index in [1.54, 1.807) is 11.0 Å². The highest BCUT2D eigenvalue weighted by Crippen LogP contribution is 2.14. The molecule has 0 fully saturated rings. The highest BCUT2D eigenvalue weighted by atomic mass is 16.5. The van der Waals surface area contributed by atoms with E-state index < -0.39 is 0 Å². The predicted octanol–water partition coefficient (Wildman–Crippen LogP) is 1.23. The fourth-order valence-corrected chi connectivity index (χ4v) is 1.84. The molecule has 1 aromatic heterocycles. The van der Waals surface area contributed by atoms with Gasteiger partial charge in [0, 0.05) is 25.1 Å². The van der Waals surface area contributed by atoms with Crippen LogP contribution in [0.25, 0.3) is 0 Å². The zero-order valence-corrected chi connectivity index (χ0v) is 11.0. The zero-order valence-electron chi connectivity index (χ0n) is 11.0. The Morgan fingerprint density at radius 1 is 1.56 bits per heavy atom. The lowest BCUT2D eigenvalue weighted by atomic mass is 10.1. The van der Waals surface area contributed by atoms with Gasteiger partial charge in [-0.2, -0.15) is 0 Å². The van der Waals surface area contributed by atoms with Crippen molar-refractivity contribution in [3.63, 3.8) is 0 Å². The summed E-state index contributed by atoms with van der Waals surface area (Å²) in [5.41, 5.74) is 1.82. The third-order valence-electron chi connectivity index (χ3n) is 2.84. The molecule has 0 saturated carbocycles. The van der Waals surface area contributed by atoms with Crippen LogP contribution in [0.5, 0.6) is 0 Å². The molecule has 18 heavy (non-hydrogen) atoms. The summed E-state index contributed by atoms with van der Waals surface area (Å²) in [5.74, 6) is 0.765. The van der Waals surface area contributed by atoms with Crippen LogP contribution in [-0.4, -0.2) is 40.8 Å². The molecule has 0 aliphatic heterocycles. The average Bonchev–Trinajstić information content (AvgIpc) is 2.66. The maximum atomic E-state index is 12.0. The van der Waals surface area contributed by atoms with Gasteiger partial charge >= 0.3 is 0 Å². The summed E-state index contributed by atoms with van der Waals surface area (Å²) in [6.07, 6.45) is 2.65. The number of carbonyl (C=O) groups is 1. The van der Waals surface area contributed by atoms with E-state index in [0.29, 0.717) is 25.9 Å². The number of aliphatic hydroxyl groups is 1. The summed E-state index contributed by atoms with van der Waals surface area (Å²) in [7, 11) is 0. The average molecular weight is 252 g/mol. The van der Waals surface area contributed by atoms with Crippen molar-refractivity contribution in [3.05, 3.63) is 29.7 Å². The SMILES string of the molecule is C=CCN(CCO)C(=O)CCc1c(C)noc1C. The summed E-state index contributed by atoms with van der Waals surface area (Å²) in [5, 5.41) is 12.8. The molecule has 0 bridgehead atoms. The zero-order chi connectivity index (χ0) is 13.5. The van der Waals surface area contributed by atoms with Gasteiger partial charge in [-0.3, -0.25) is 4.79 Å². The molecule has 0 atom stereocenters. The Morgan fingerprint density at radius 2 is 2.28 bits per heavy atom. The van der Waals surface area contributed by atoms with Gasteiger partial charge in [0.15, 0.2) is 0 Å². The molecule has 0 spiro atoms. The third kappa shape index (κ3) is 3.70. The van der Waals surface area contributed by atoms with Crippen LogP contribution in [0.4, 0.5) is 0 Å². The number of amides is 1. The van der Waals surface area contributed by atoms with E-state index in [1.807, 2.05) is 13.8 Å². The summed E-state index contributed by atoms with van der Waals surface area (Å²) < 4.78 is 5.05. The van der Waals surface area contributed by atoms with Crippen LogP contribution in [0.15, 0.2) is 17.2 Å². The van der Waals surface area contributed by atoms with Gasteiger partial charge in [-0.25, -0.2) is 0 Å². The molecule has 1 amide bonds. The Labute approximate surface area is 107 Å². The minimum absolute atomic E-state index is 0.00366. The molecule has 0 aliphatic carbocycles. The molecule has 1 aromatic rings. The second-order valence-electron chi connectivity index (χ2n) is 4.15. The van der Waals surface area contributed by atoms with Crippen LogP contribution in [-0.2, 0) is 11.2 Å².